The number of non-ortho nitro benzene ring substituents is 1. The van der Waals surface area contributed by atoms with E-state index in [1.165, 1.54) is 24.3 Å². The van der Waals surface area contributed by atoms with Crippen molar-refractivity contribution in [2.75, 3.05) is 0 Å². The molecule has 0 aliphatic carbocycles. The molecule has 0 aliphatic rings. The molecule has 11 heteroatoms. The van der Waals surface area contributed by atoms with Gasteiger partial charge in [-0.1, -0.05) is 0 Å². The van der Waals surface area contributed by atoms with Crippen molar-refractivity contribution in [2.24, 2.45) is 10.3 Å². The fourth-order valence-corrected chi connectivity index (χ4v) is 1.61. The highest BCUT2D eigenvalue weighted by atomic mass is 127. The highest BCUT2D eigenvalue weighted by Crippen LogP contribution is 2.19. The molecule has 0 unspecified atom stereocenters. The van der Waals surface area contributed by atoms with Crippen LogP contribution in [0.4, 0.5) is 5.69 Å². The van der Waals surface area contributed by atoms with Crippen LogP contribution in [0, 0.1) is 13.7 Å². The van der Waals surface area contributed by atoms with E-state index in [-0.39, 0.29) is 9.26 Å². The first-order chi connectivity index (χ1) is 7.61. The zero-order valence-electron chi connectivity index (χ0n) is 8.15. The molecule has 0 heterocycles. The minimum Gasteiger partial charge on any atom is -0.258 e. The zero-order valence-corrected chi connectivity index (χ0v) is 11.1. The number of nitrogens with zero attached hydrogens (tertiary/aromatic N) is 1. The third kappa shape index (κ3) is 8.61. The van der Waals surface area contributed by atoms with E-state index in [0.29, 0.717) is 0 Å². The van der Waals surface area contributed by atoms with E-state index in [9.17, 15) is 24.7 Å². The number of halogens is 1. The summed E-state index contributed by atoms with van der Waals surface area (Å²) in [6, 6.07) is 4.83. The quantitative estimate of drug-likeness (QED) is 0.422. The Morgan fingerprint density at radius 1 is 1.12 bits per heavy atom. The van der Waals surface area contributed by atoms with Gasteiger partial charge in [-0.05, 0) is 12.1 Å². The summed E-state index contributed by atoms with van der Waals surface area (Å²) in [7, 11) is -3.67. The fourth-order valence-electron chi connectivity index (χ4n) is 0.666. The molecule has 0 amide bonds. The Labute approximate surface area is 103 Å². The number of benzene rings is 1. The topological polar surface area (TPSA) is 163 Å². The molecule has 0 bridgehead atoms. The van der Waals surface area contributed by atoms with Gasteiger partial charge in [-0.2, -0.15) is 8.42 Å². The molecule has 1 rings (SSSR count). The SMILES string of the molecule is NS(N)(=O)=O.O=[N+]([O-])c1ccc(I(=O)=O)cc1. The molecule has 0 atom stereocenters. The van der Waals surface area contributed by atoms with E-state index in [1.807, 2.05) is 0 Å². The molecule has 9 nitrogen and oxygen atoms in total. The molecule has 0 aromatic heterocycles. The molecular formula is C6H8IN3O6S. The Balaban J connectivity index is 0.000000437. The van der Waals surface area contributed by atoms with Crippen molar-refractivity contribution in [3.8, 4) is 0 Å². The van der Waals surface area contributed by atoms with Crippen LogP contribution in [0.1, 0.15) is 0 Å². The smallest absolute Gasteiger partial charge is 0.258 e. The summed E-state index contributed by atoms with van der Waals surface area (Å²) in [5, 5.41) is 18.4. The van der Waals surface area contributed by atoms with Crippen molar-refractivity contribution in [3.05, 3.63) is 37.9 Å². The lowest BCUT2D eigenvalue weighted by molar-refractivity contribution is -0.384. The Morgan fingerprint density at radius 3 is 1.71 bits per heavy atom. The zero-order chi connectivity index (χ0) is 13.6. The maximum Gasteiger partial charge on any atom is 0.340 e. The van der Waals surface area contributed by atoms with Gasteiger partial charge in [0.25, 0.3) is 15.9 Å². The number of nitrogens with two attached hydrogens (primary N) is 2. The van der Waals surface area contributed by atoms with Crippen LogP contribution in [0.15, 0.2) is 24.3 Å². The van der Waals surface area contributed by atoms with Gasteiger partial charge < -0.3 is 0 Å². The molecule has 0 radical (unpaired) electrons. The minimum atomic E-state index is -3.67. The molecule has 96 valence electrons. The summed E-state index contributed by atoms with van der Waals surface area (Å²) in [5.74, 6) is 0. The first kappa shape index (κ1) is 15.8. The average molecular weight is 377 g/mol. The summed E-state index contributed by atoms with van der Waals surface area (Å²) < 4.78 is 39.4. The lowest BCUT2D eigenvalue weighted by atomic mass is 10.3. The number of nitro groups is 1. The molecule has 0 spiro atoms. The van der Waals surface area contributed by atoms with Crippen molar-refractivity contribution in [1.29, 1.82) is 0 Å². The highest BCUT2D eigenvalue weighted by molar-refractivity contribution is 14.2. The average Bonchev–Trinajstić information content (AvgIpc) is 2.15. The van der Waals surface area contributed by atoms with E-state index in [2.05, 4.69) is 10.3 Å². The van der Waals surface area contributed by atoms with E-state index < -0.39 is 34.9 Å². The predicted molar refractivity (Wildman–Crippen MR) is 64.5 cm³/mol. The number of rotatable bonds is 2. The van der Waals surface area contributed by atoms with Gasteiger partial charge >= 0.3 is 19.8 Å². The molecule has 0 aliphatic heterocycles. The van der Waals surface area contributed by atoms with E-state index >= 15 is 0 Å². The van der Waals surface area contributed by atoms with E-state index in [0.717, 1.165) is 0 Å². The lowest BCUT2D eigenvalue weighted by Crippen LogP contribution is -2.21. The summed E-state index contributed by atoms with van der Waals surface area (Å²) in [5.41, 5.74) is -0.100. The first-order valence-corrected chi connectivity index (χ1v) is 8.16. The van der Waals surface area contributed by atoms with Crippen LogP contribution in [0.5, 0.6) is 0 Å². The van der Waals surface area contributed by atoms with E-state index in [4.69, 9.17) is 0 Å². The summed E-state index contributed by atoms with van der Waals surface area (Å²) in [6.45, 7) is 0. The van der Waals surface area contributed by atoms with Gasteiger partial charge in [-0.15, -0.1) is 0 Å². The van der Waals surface area contributed by atoms with Gasteiger partial charge in [0.05, 0.1) is 8.49 Å². The number of nitro benzene ring substituents is 1. The van der Waals surface area contributed by atoms with Crippen LogP contribution < -0.4 is 10.3 Å². The summed E-state index contributed by atoms with van der Waals surface area (Å²) >= 11 is -3.46. The van der Waals surface area contributed by atoms with Gasteiger partial charge in [0.15, 0.2) is 0 Å². The number of hydrogen-bond acceptors (Lipinski definition) is 6. The lowest BCUT2D eigenvalue weighted by Gasteiger charge is -1.89. The highest BCUT2D eigenvalue weighted by Gasteiger charge is 2.05. The van der Waals surface area contributed by atoms with Crippen LogP contribution in [-0.4, -0.2) is 13.3 Å². The predicted octanol–water partition coefficient (Wildman–Crippen LogP) is 0.110. The van der Waals surface area contributed by atoms with E-state index in [1.54, 1.807) is 0 Å². The van der Waals surface area contributed by atoms with Crippen molar-refractivity contribution in [2.45, 2.75) is 0 Å². The van der Waals surface area contributed by atoms with Crippen molar-refractivity contribution in [1.82, 2.24) is 0 Å². The van der Waals surface area contributed by atoms with Gasteiger partial charge in [0, 0.05) is 12.1 Å². The van der Waals surface area contributed by atoms with Gasteiger partial charge in [-0.3, -0.25) is 10.1 Å². The van der Waals surface area contributed by atoms with Gasteiger partial charge in [0.1, 0.15) is 0 Å². The second-order valence-corrected chi connectivity index (χ2v) is 6.20. The van der Waals surface area contributed by atoms with Crippen LogP contribution in [0.25, 0.3) is 0 Å². The molecule has 0 saturated carbocycles. The monoisotopic (exact) mass is 377 g/mol. The van der Waals surface area contributed by atoms with Crippen molar-refractivity contribution >= 4 is 35.7 Å². The normalized spacial score (nSPS) is 10.5. The standard InChI is InChI=1S/C6H4INO4.H4N2O2S/c9-7(10)5-1-3-6(4-2-5)8(11)12;1-5(2,3)4/h1-4H;(H4,1,2,3,4). The maximum atomic E-state index is 10.4. The molecular weight excluding hydrogens is 369 g/mol. The Bertz CT molecular complexity index is 548. The number of hydrogen-bond donors (Lipinski definition) is 2. The second-order valence-electron chi connectivity index (χ2n) is 2.54. The largest absolute Gasteiger partial charge is 0.340 e. The molecule has 0 fully saturated rings. The Hall–Kier alpha value is -1.18. The second kappa shape index (κ2) is 6.53. The van der Waals surface area contributed by atoms with Crippen LogP contribution in [0.2, 0.25) is 0 Å². The van der Waals surface area contributed by atoms with Crippen molar-refractivity contribution in [3.63, 3.8) is 0 Å². The van der Waals surface area contributed by atoms with Crippen LogP contribution in [0.3, 0.4) is 0 Å². The third-order valence-corrected chi connectivity index (χ3v) is 2.95. The first-order valence-electron chi connectivity index (χ1n) is 3.71. The van der Waals surface area contributed by atoms with Crippen molar-refractivity contribution < 1.29 is 19.5 Å². The van der Waals surface area contributed by atoms with Gasteiger partial charge in [0.2, 0.25) is 0 Å². The molecule has 1 aromatic rings. The Kier molecular flexibility index (Phi) is 6.08. The molecule has 17 heavy (non-hydrogen) atoms. The molecule has 0 saturated heterocycles. The molecule has 4 N–H and O–H groups in total. The maximum absolute atomic E-state index is 10.4. The minimum absolute atomic E-state index is 0.100. The third-order valence-electron chi connectivity index (χ3n) is 1.22. The summed E-state index contributed by atoms with van der Waals surface area (Å²) in [4.78, 5) is 9.57. The van der Waals surface area contributed by atoms with Crippen LogP contribution in [-0.2, 0) is 16.3 Å². The summed E-state index contributed by atoms with van der Waals surface area (Å²) in [6.07, 6.45) is 0. The Morgan fingerprint density at radius 2 is 1.47 bits per heavy atom. The molecule has 1 aromatic carbocycles. The van der Waals surface area contributed by atoms with Gasteiger partial charge in [-0.25, -0.2) is 16.4 Å². The fraction of sp³-hybridized carbons (Fsp3) is 0. The van der Waals surface area contributed by atoms with Crippen LogP contribution >= 0.6 is 19.8 Å².